The number of nitrogens with zero attached hydrogens (tertiary/aromatic N) is 4. The van der Waals surface area contributed by atoms with Gasteiger partial charge in [0, 0.05) is 50.4 Å². The van der Waals surface area contributed by atoms with E-state index < -0.39 is 0 Å². The second kappa shape index (κ2) is 13.2. The van der Waals surface area contributed by atoms with Crippen LogP contribution in [0, 0.1) is 5.92 Å². The van der Waals surface area contributed by atoms with Crippen LogP contribution in [0.3, 0.4) is 0 Å². The molecule has 3 rings (SSSR count). The Morgan fingerprint density at radius 2 is 1.86 bits per heavy atom. The lowest BCUT2D eigenvalue weighted by Gasteiger charge is -2.40. The van der Waals surface area contributed by atoms with Crippen LogP contribution in [-0.4, -0.2) is 82.8 Å². The molecule has 2 heterocycles. The number of aliphatic imine (C=N–C) groups is 1. The van der Waals surface area contributed by atoms with Gasteiger partial charge in [-0.25, -0.2) is 0 Å². The fourth-order valence-electron chi connectivity index (χ4n) is 5.17. The zero-order valence-corrected chi connectivity index (χ0v) is 22.7. The third-order valence-electron chi connectivity index (χ3n) is 7.11. The van der Waals surface area contributed by atoms with Gasteiger partial charge in [0.1, 0.15) is 11.5 Å². The van der Waals surface area contributed by atoms with E-state index in [9.17, 15) is 15.0 Å². The number of aryl methyl sites for hydroxylation is 1. The molecule has 1 atom stereocenters. The summed E-state index contributed by atoms with van der Waals surface area (Å²) < 4.78 is 0. The first kappa shape index (κ1) is 27.4. The van der Waals surface area contributed by atoms with Crippen LogP contribution in [0.1, 0.15) is 50.3 Å². The van der Waals surface area contributed by atoms with Gasteiger partial charge in [0.15, 0.2) is 0 Å². The first-order chi connectivity index (χ1) is 16.9. The molecule has 0 saturated carbocycles. The number of rotatable bonds is 8. The first-order valence-corrected chi connectivity index (χ1v) is 13.5. The highest BCUT2D eigenvalue weighted by atomic mass is 79.9. The maximum atomic E-state index is 13.0. The Bertz CT molecular complexity index is 946. The van der Waals surface area contributed by atoms with Gasteiger partial charge in [0.25, 0.3) is 0 Å². The van der Waals surface area contributed by atoms with Gasteiger partial charge in [-0.2, -0.15) is 0 Å². The number of aromatic hydroxyl groups is 2. The molecule has 192 valence electrons. The van der Waals surface area contributed by atoms with E-state index in [1.54, 1.807) is 17.3 Å². The van der Waals surface area contributed by atoms with E-state index in [1.807, 2.05) is 30.9 Å². The minimum absolute atomic E-state index is 0.0519. The number of benzene rings is 1. The Morgan fingerprint density at radius 3 is 2.46 bits per heavy atom. The molecule has 1 aromatic carbocycles. The van der Waals surface area contributed by atoms with E-state index in [0.717, 1.165) is 42.8 Å². The molecule has 0 aromatic heterocycles. The number of amides is 1. The number of phenols is 2. The van der Waals surface area contributed by atoms with Crippen LogP contribution in [0.15, 0.2) is 40.5 Å². The second-order valence-corrected chi connectivity index (χ2v) is 10.0. The predicted molar refractivity (Wildman–Crippen MR) is 145 cm³/mol. The van der Waals surface area contributed by atoms with Gasteiger partial charge in [-0.3, -0.25) is 14.7 Å². The van der Waals surface area contributed by atoms with Crippen molar-refractivity contribution in [1.82, 2.24) is 14.7 Å². The van der Waals surface area contributed by atoms with Crippen molar-refractivity contribution in [3.8, 4) is 11.5 Å². The summed E-state index contributed by atoms with van der Waals surface area (Å²) in [5.74, 6) is 0.848. The Kier molecular flexibility index (Phi) is 10.4. The Balaban J connectivity index is 1.82. The summed E-state index contributed by atoms with van der Waals surface area (Å²) in [6.45, 7) is 8.77. The van der Waals surface area contributed by atoms with Gasteiger partial charge < -0.3 is 20.0 Å². The molecule has 1 unspecified atom stereocenters. The minimum atomic E-state index is -0.295. The Morgan fingerprint density at radius 1 is 1.17 bits per heavy atom. The van der Waals surface area contributed by atoms with Crippen LogP contribution < -0.4 is 0 Å². The van der Waals surface area contributed by atoms with Gasteiger partial charge in [0.2, 0.25) is 5.91 Å². The van der Waals surface area contributed by atoms with E-state index in [2.05, 4.69) is 37.8 Å². The summed E-state index contributed by atoms with van der Waals surface area (Å²) in [5, 5.41) is 21.0. The molecule has 2 N–H and O–H groups in total. The summed E-state index contributed by atoms with van der Waals surface area (Å²) in [7, 11) is 2.14. The Hall–Kier alpha value is -2.16. The molecule has 2 aliphatic rings. The van der Waals surface area contributed by atoms with Crippen molar-refractivity contribution in [3.05, 3.63) is 46.6 Å². The van der Waals surface area contributed by atoms with Crippen molar-refractivity contribution in [3.63, 3.8) is 0 Å². The lowest BCUT2D eigenvalue weighted by Crippen LogP contribution is -2.51. The highest BCUT2D eigenvalue weighted by Gasteiger charge is 2.33. The van der Waals surface area contributed by atoms with Crippen LogP contribution in [0.25, 0.3) is 0 Å². The van der Waals surface area contributed by atoms with Crippen LogP contribution >= 0.6 is 15.9 Å². The average Bonchev–Trinajstić information content (AvgIpc) is 2.85. The van der Waals surface area contributed by atoms with Crippen LogP contribution in [0.5, 0.6) is 11.5 Å². The van der Waals surface area contributed by atoms with Crippen molar-refractivity contribution in [2.45, 2.75) is 45.6 Å². The largest absolute Gasteiger partial charge is 0.508 e. The molecule has 7 nitrogen and oxygen atoms in total. The number of carbonyl (C=O) groups is 1. The number of likely N-dealkylation sites (tertiary alicyclic amines) is 1. The molecule has 0 bridgehead atoms. The van der Waals surface area contributed by atoms with Crippen LogP contribution in [0.2, 0.25) is 0 Å². The zero-order chi connectivity index (χ0) is 25.4. The Labute approximate surface area is 217 Å². The van der Waals surface area contributed by atoms with Gasteiger partial charge in [-0.05, 0) is 74.9 Å². The molecule has 0 spiro atoms. The van der Waals surface area contributed by atoms with Crippen molar-refractivity contribution < 1.29 is 15.0 Å². The number of piperidine rings is 1. The van der Waals surface area contributed by atoms with E-state index >= 15 is 0 Å². The molecule has 0 radical (unpaired) electrons. The maximum absolute atomic E-state index is 13.0. The van der Waals surface area contributed by atoms with Crippen molar-refractivity contribution in [2.24, 2.45) is 10.9 Å². The summed E-state index contributed by atoms with van der Waals surface area (Å²) in [5.41, 5.74) is 2.44. The number of halogens is 1. The fourth-order valence-corrected chi connectivity index (χ4v) is 5.29. The molecule has 2 aliphatic heterocycles. The molecule has 1 amide bonds. The highest BCUT2D eigenvalue weighted by Crippen LogP contribution is 2.37. The lowest BCUT2D eigenvalue weighted by atomic mass is 9.91. The number of hydrogen-bond acceptors (Lipinski definition) is 6. The van der Waals surface area contributed by atoms with Crippen LogP contribution in [-0.2, 0) is 11.2 Å². The molecule has 8 heteroatoms. The SMILES string of the molecule is C\C=C/C(=N\C=C\Br)C(c1c(O)cc(O)cc1CC)N1CCN(C(=O)CC2CCN(C)CC2)CC1. The average molecular weight is 548 g/mol. The number of phenolic OH excluding ortho intramolecular Hbond substituents is 2. The highest BCUT2D eigenvalue weighted by molar-refractivity contribution is 9.11. The van der Waals surface area contributed by atoms with Gasteiger partial charge in [-0.1, -0.05) is 28.9 Å². The number of piperazine rings is 1. The smallest absolute Gasteiger partial charge is 0.222 e. The zero-order valence-electron chi connectivity index (χ0n) is 21.2. The number of hydrogen-bond donors (Lipinski definition) is 2. The number of carbonyl (C=O) groups excluding carboxylic acids is 1. The predicted octanol–water partition coefficient (Wildman–Crippen LogP) is 4.46. The van der Waals surface area contributed by atoms with Gasteiger partial charge in [0.05, 0.1) is 11.8 Å². The van der Waals surface area contributed by atoms with E-state index in [4.69, 9.17) is 0 Å². The third-order valence-corrected chi connectivity index (χ3v) is 7.35. The van der Waals surface area contributed by atoms with E-state index in [0.29, 0.717) is 44.9 Å². The first-order valence-electron chi connectivity index (χ1n) is 12.6. The monoisotopic (exact) mass is 546 g/mol. The van der Waals surface area contributed by atoms with Crippen LogP contribution in [0.4, 0.5) is 0 Å². The van der Waals surface area contributed by atoms with Gasteiger partial charge in [-0.15, -0.1) is 0 Å². The summed E-state index contributed by atoms with van der Waals surface area (Å²) >= 11 is 3.30. The van der Waals surface area contributed by atoms with Crippen molar-refractivity contribution in [1.29, 1.82) is 0 Å². The molecule has 2 saturated heterocycles. The second-order valence-electron chi connectivity index (χ2n) is 9.49. The summed E-state index contributed by atoms with van der Waals surface area (Å²) in [6.07, 6.45) is 9.08. The van der Waals surface area contributed by atoms with E-state index in [-0.39, 0.29) is 23.4 Å². The maximum Gasteiger partial charge on any atom is 0.222 e. The fraction of sp³-hybridized carbons (Fsp3) is 0.556. The molecular formula is C27H39BrN4O3. The van der Waals surface area contributed by atoms with Crippen molar-refractivity contribution in [2.75, 3.05) is 46.3 Å². The normalized spacial score (nSPS) is 20.2. The summed E-state index contributed by atoms with van der Waals surface area (Å²) in [4.78, 5) is 26.0. The molecule has 35 heavy (non-hydrogen) atoms. The standard InChI is InChI=1S/C27H39BrN4O3/c1-4-6-23(29-10-9-28)27(26-21(5-2)18-22(33)19-24(26)34)32-15-13-31(14-16-32)25(35)17-20-7-11-30(3)12-8-20/h4,6,9-10,18-20,27,33-34H,5,7-8,11-17H2,1-3H3/b6-4-,10-9+,29-23+. The summed E-state index contributed by atoms with van der Waals surface area (Å²) in [6, 6.07) is 2.82. The molecule has 1 aromatic rings. The molecular weight excluding hydrogens is 508 g/mol. The molecule has 0 aliphatic carbocycles. The van der Waals surface area contributed by atoms with E-state index in [1.165, 1.54) is 6.07 Å². The van der Waals surface area contributed by atoms with Crippen molar-refractivity contribution >= 4 is 27.5 Å². The quantitative estimate of drug-likeness (QED) is 0.470. The number of allylic oxidation sites excluding steroid dienone is 1. The third kappa shape index (κ3) is 7.18. The topological polar surface area (TPSA) is 79.6 Å². The molecule has 2 fully saturated rings. The minimum Gasteiger partial charge on any atom is -0.508 e. The lowest BCUT2D eigenvalue weighted by molar-refractivity contribution is -0.134. The van der Waals surface area contributed by atoms with Gasteiger partial charge >= 0.3 is 0 Å².